The lowest BCUT2D eigenvalue weighted by atomic mass is 9.70. The van der Waals surface area contributed by atoms with Crippen molar-refractivity contribution in [1.29, 1.82) is 0 Å². The van der Waals surface area contributed by atoms with Crippen molar-refractivity contribution in [3.8, 4) is 22.3 Å². The predicted octanol–water partition coefficient (Wildman–Crippen LogP) is 14.8. The summed E-state index contributed by atoms with van der Waals surface area (Å²) < 4.78 is 0. The number of rotatable bonds is 5. The van der Waals surface area contributed by atoms with Gasteiger partial charge in [-0.15, -0.1) is 0 Å². The van der Waals surface area contributed by atoms with Gasteiger partial charge in [0.15, 0.2) is 0 Å². The summed E-state index contributed by atoms with van der Waals surface area (Å²) in [5.74, 6) is 0. The van der Waals surface area contributed by atoms with Crippen molar-refractivity contribution in [3.63, 3.8) is 0 Å². The highest BCUT2D eigenvalue weighted by Crippen LogP contribution is 2.66. The Morgan fingerprint density at radius 2 is 0.741 bits per heavy atom. The lowest BCUT2D eigenvalue weighted by Crippen LogP contribution is -2.27. The molecule has 1 heterocycles. The zero-order chi connectivity index (χ0) is 38.2. The van der Waals surface area contributed by atoms with Crippen molar-refractivity contribution in [2.75, 3.05) is 14.7 Å². The Balaban J connectivity index is 1.13. The average Bonchev–Trinajstić information content (AvgIpc) is 3.77. The monoisotopic (exact) mass is 739 g/mol. The molecule has 2 aliphatic carbocycles. The third kappa shape index (κ3) is 4.50. The number of fused-ring (bicyclic) bond motifs is 12. The maximum Gasteiger partial charge on any atom is 0.0727 e. The van der Waals surface area contributed by atoms with Crippen LogP contribution in [0.4, 0.5) is 51.2 Å². The van der Waals surface area contributed by atoms with Gasteiger partial charge >= 0.3 is 0 Å². The number of hydrogen-bond donors (Lipinski definition) is 0. The minimum Gasteiger partial charge on any atom is -0.310 e. The minimum absolute atomic E-state index is 0.534. The summed E-state index contributed by atoms with van der Waals surface area (Å²) in [5.41, 5.74) is 20.1. The summed E-state index contributed by atoms with van der Waals surface area (Å²) in [6, 6.07) is 82.2. The molecule has 0 N–H and O–H groups in total. The summed E-state index contributed by atoms with van der Waals surface area (Å²) in [6.07, 6.45) is 0. The number of hydrogen-bond acceptors (Lipinski definition) is 3. The van der Waals surface area contributed by atoms with Crippen LogP contribution in [0, 0.1) is 0 Å². The first kappa shape index (κ1) is 32.6. The van der Waals surface area contributed by atoms with Gasteiger partial charge in [-0.1, -0.05) is 146 Å². The molecular weight excluding hydrogens is 703 g/mol. The highest BCUT2D eigenvalue weighted by Gasteiger charge is 2.53. The molecule has 0 fully saturated rings. The average molecular weight is 740 g/mol. The van der Waals surface area contributed by atoms with Crippen molar-refractivity contribution in [3.05, 3.63) is 247 Å². The Labute approximate surface area is 339 Å². The van der Waals surface area contributed by atoms with Crippen molar-refractivity contribution in [2.24, 2.45) is 0 Å². The first-order chi connectivity index (χ1) is 28.8. The van der Waals surface area contributed by atoms with Crippen molar-refractivity contribution < 1.29 is 0 Å². The molecule has 3 heteroatoms. The van der Waals surface area contributed by atoms with E-state index in [1.807, 2.05) is 0 Å². The molecule has 0 bridgehead atoms. The summed E-state index contributed by atoms with van der Waals surface area (Å²) in [5, 5.41) is 0. The largest absolute Gasteiger partial charge is 0.310 e. The van der Waals surface area contributed by atoms with Crippen molar-refractivity contribution in [1.82, 2.24) is 0 Å². The number of para-hydroxylation sites is 7. The smallest absolute Gasteiger partial charge is 0.0727 e. The molecule has 1 unspecified atom stereocenters. The molecule has 0 amide bonds. The molecule has 9 aromatic rings. The summed E-state index contributed by atoms with van der Waals surface area (Å²) in [7, 11) is 0. The van der Waals surface area contributed by atoms with E-state index in [9.17, 15) is 0 Å². The van der Waals surface area contributed by atoms with Crippen LogP contribution in [-0.4, -0.2) is 0 Å². The summed E-state index contributed by atoms with van der Waals surface area (Å²) in [4.78, 5) is 7.29. The predicted molar refractivity (Wildman–Crippen MR) is 240 cm³/mol. The van der Waals surface area contributed by atoms with E-state index in [0.29, 0.717) is 0 Å². The molecule has 12 rings (SSSR count). The van der Waals surface area contributed by atoms with Gasteiger partial charge in [0.25, 0.3) is 0 Å². The molecule has 58 heavy (non-hydrogen) atoms. The molecular formula is C55H37N3. The molecule has 9 aromatic carbocycles. The normalized spacial score (nSPS) is 15.2. The van der Waals surface area contributed by atoms with Gasteiger partial charge in [-0.05, 0) is 118 Å². The van der Waals surface area contributed by atoms with Gasteiger partial charge in [0.2, 0.25) is 0 Å². The first-order valence-electron chi connectivity index (χ1n) is 20.0. The van der Waals surface area contributed by atoms with E-state index < -0.39 is 5.41 Å². The molecule has 0 radical (unpaired) electrons. The second-order valence-corrected chi connectivity index (χ2v) is 15.3. The van der Waals surface area contributed by atoms with Crippen LogP contribution in [0.2, 0.25) is 0 Å². The van der Waals surface area contributed by atoms with Crippen LogP contribution >= 0.6 is 0 Å². The standard InChI is InChI=1S/C55H37N3/c1-4-19-38(20-5-1)56(39-21-6-2-7-22-39)41-35-36-43-42-25-10-12-27-45(42)55(48(43)37-41)46-28-13-11-26-44(46)54-47(55)29-18-34-53(54)58-51-32-16-14-30-49(51)57(40-23-8-3-9-24-40)50-31-15-17-33-52(50)58/h1-37H. The van der Waals surface area contributed by atoms with E-state index >= 15 is 0 Å². The van der Waals surface area contributed by atoms with E-state index in [1.165, 1.54) is 50.2 Å². The van der Waals surface area contributed by atoms with Gasteiger partial charge in [-0.2, -0.15) is 0 Å². The highest BCUT2D eigenvalue weighted by atomic mass is 15.3. The topological polar surface area (TPSA) is 9.72 Å². The van der Waals surface area contributed by atoms with Gasteiger partial charge < -0.3 is 14.7 Å². The van der Waals surface area contributed by atoms with Gasteiger partial charge in [-0.25, -0.2) is 0 Å². The van der Waals surface area contributed by atoms with Crippen molar-refractivity contribution in [2.45, 2.75) is 5.41 Å². The maximum atomic E-state index is 2.50. The van der Waals surface area contributed by atoms with Crippen LogP contribution in [0.15, 0.2) is 224 Å². The quantitative estimate of drug-likeness (QED) is 0.174. The lowest BCUT2D eigenvalue weighted by molar-refractivity contribution is 0.793. The Hall–Kier alpha value is -7.62. The van der Waals surface area contributed by atoms with E-state index in [4.69, 9.17) is 0 Å². The molecule has 1 aliphatic heterocycles. The van der Waals surface area contributed by atoms with Gasteiger partial charge in [0.1, 0.15) is 0 Å². The number of nitrogens with zero attached hydrogens (tertiary/aromatic N) is 3. The first-order valence-corrected chi connectivity index (χ1v) is 20.0. The molecule has 272 valence electrons. The van der Waals surface area contributed by atoms with Crippen LogP contribution in [0.1, 0.15) is 22.3 Å². The molecule has 0 saturated heterocycles. The lowest BCUT2D eigenvalue weighted by Gasteiger charge is -2.41. The molecule has 1 atom stereocenters. The zero-order valence-electron chi connectivity index (χ0n) is 31.7. The Bertz CT molecular complexity index is 2940. The Kier molecular flexibility index (Phi) is 7.14. The second-order valence-electron chi connectivity index (χ2n) is 15.3. The van der Waals surface area contributed by atoms with Gasteiger partial charge in [-0.3, -0.25) is 0 Å². The molecule has 0 saturated carbocycles. The van der Waals surface area contributed by atoms with Crippen LogP contribution in [-0.2, 0) is 5.41 Å². The summed E-state index contributed by atoms with van der Waals surface area (Å²) >= 11 is 0. The van der Waals surface area contributed by atoms with Crippen molar-refractivity contribution >= 4 is 51.2 Å². The van der Waals surface area contributed by atoms with Crippen LogP contribution in [0.3, 0.4) is 0 Å². The van der Waals surface area contributed by atoms with Crippen LogP contribution < -0.4 is 14.7 Å². The number of anilines is 9. The third-order valence-electron chi connectivity index (χ3n) is 12.3. The zero-order valence-corrected chi connectivity index (χ0v) is 31.7. The Morgan fingerprint density at radius 1 is 0.293 bits per heavy atom. The minimum atomic E-state index is -0.534. The number of benzene rings is 9. The van der Waals surface area contributed by atoms with Gasteiger partial charge in [0.05, 0.1) is 33.9 Å². The Morgan fingerprint density at radius 3 is 1.36 bits per heavy atom. The fourth-order valence-corrected chi connectivity index (χ4v) is 10.1. The molecule has 1 spiro atoms. The van der Waals surface area contributed by atoms with Crippen LogP contribution in [0.25, 0.3) is 22.3 Å². The fourth-order valence-electron chi connectivity index (χ4n) is 10.1. The third-order valence-corrected chi connectivity index (χ3v) is 12.3. The van der Waals surface area contributed by atoms with E-state index in [2.05, 4.69) is 239 Å². The highest BCUT2D eigenvalue weighted by molar-refractivity contribution is 6.07. The molecule has 3 nitrogen and oxygen atoms in total. The summed E-state index contributed by atoms with van der Waals surface area (Å²) in [6.45, 7) is 0. The van der Waals surface area contributed by atoms with Gasteiger partial charge in [0, 0.05) is 28.3 Å². The van der Waals surface area contributed by atoms with E-state index in [0.717, 1.165) is 45.5 Å². The molecule has 0 aromatic heterocycles. The molecule has 3 aliphatic rings. The van der Waals surface area contributed by atoms with E-state index in [1.54, 1.807) is 0 Å². The SMILES string of the molecule is c1ccc(N(c2ccccc2)c2ccc3c(c2)C2(c4ccccc4-3)c3ccccc3-c3c(N4c5ccccc5N(c5ccccc5)c5ccccc54)cccc32)cc1. The van der Waals surface area contributed by atoms with Crippen LogP contribution in [0.5, 0.6) is 0 Å². The maximum absolute atomic E-state index is 2.50. The van der Waals surface area contributed by atoms with E-state index in [-0.39, 0.29) is 0 Å². The fraction of sp³-hybridized carbons (Fsp3) is 0.0182. The second kappa shape index (κ2) is 12.7.